The van der Waals surface area contributed by atoms with Crippen LogP contribution in [-0.4, -0.2) is 62.9 Å². The number of piperazine rings is 1. The van der Waals surface area contributed by atoms with E-state index in [1.807, 2.05) is 25.1 Å². The van der Waals surface area contributed by atoms with Gasteiger partial charge in [0.05, 0.1) is 13.2 Å². The molecule has 7 nitrogen and oxygen atoms in total. The van der Waals surface area contributed by atoms with Crippen LogP contribution in [0.4, 0.5) is 0 Å². The van der Waals surface area contributed by atoms with Crippen LogP contribution in [0, 0.1) is 5.92 Å². The van der Waals surface area contributed by atoms with Gasteiger partial charge in [0.15, 0.2) is 11.5 Å². The van der Waals surface area contributed by atoms with Gasteiger partial charge < -0.3 is 14.4 Å². The molecule has 2 heterocycles. The molecule has 1 saturated heterocycles. The summed E-state index contributed by atoms with van der Waals surface area (Å²) in [5.74, 6) is 1.60. The van der Waals surface area contributed by atoms with Gasteiger partial charge in [0.2, 0.25) is 5.91 Å². The summed E-state index contributed by atoms with van der Waals surface area (Å²) in [5, 5.41) is 1.75. The predicted molar refractivity (Wildman–Crippen MR) is 127 cm³/mol. The summed E-state index contributed by atoms with van der Waals surface area (Å²) >= 11 is 1.21. The summed E-state index contributed by atoms with van der Waals surface area (Å²) in [6, 6.07) is 8.92. The lowest BCUT2D eigenvalue weighted by Crippen LogP contribution is -2.50. The number of ether oxygens (including phenoxy) is 2. The van der Waals surface area contributed by atoms with Gasteiger partial charge in [0.1, 0.15) is 4.21 Å². The number of thiophene rings is 1. The third kappa shape index (κ3) is 6.11. The number of carbonyl (C=O) groups is 1. The molecular formula is C23H30N2O5S2. The van der Waals surface area contributed by atoms with Crippen LogP contribution < -0.4 is 9.47 Å². The SMILES string of the molecule is CCOc1cc(/C=C/C(=O)N2CCN(S(=O)(=O)c3cccs3)CC2)ccc1OCC(C)C. The molecule has 1 amide bonds. The van der Waals surface area contributed by atoms with Crippen molar-refractivity contribution in [1.29, 1.82) is 0 Å². The van der Waals surface area contributed by atoms with E-state index in [9.17, 15) is 13.2 Å². The average Bonchev–Trinajstić information content (AvgIpc) is 3.33. The molecule has 1 fully saturated rings. The number of nitrogens with zero attached hydrogens (tertiary/aromatic N) is 2. The fourth-order valence-corrected chi connectivity index (χ4v) is 5.80. The van der Waals surface area contributed by atoms with Crippen LogP contribution in [0.2, 0.25) is 0 Å². The number of sulfonamides is 1. The zero-order valence-electron chi connectivity index (χ0n) is 18.7. The average molecular weight is 479 g/mol. The highest BCUT2D eigenvalue weighted by atomic mass is 32.2. The van der Waals surface area contributed by atoms with Gasteiger partial charge in [-0.25, -0.2) is 8.42 Å². The number of amides is 1. The Morgan fingerprint density at radius 2 is 1.88 bits per heavy atom. The van der Waals surface area contributed by atoms with Crippen LogP contribution in [-0.2, 0) is 14.8 Å². The first-order valence-corrected chi connectivity index (χ1v) is 13.0. The monoisotopic (exact) mass is 478 g/mol. The summed E-state index contributed by atoms with van der Waals surface area (Å²) in [7, 11) is -3.48. The van der Waals surface area contributed by atoms with E-state index in [1.165, 1.54) is 21.7 Å². The van der Waals surface area contributed by atoms with Crippen molar-refractivity contribution in [3.8, 4) is 11.5 Å². The molecule has 174 valence electrons. The molecule has 0 bridgehead atoms. The van der Waals surface area contributed by atoms with Crippen molar-refractivity contribution in [3.05, 3.63) is 47.4 Å². The van der Waals surface area contributed by atoms with Crippen LogP contribution >= 0.6 is 11.3 Å². The predicted octanol–water partition coefficient (Wildman–Crippen LogP) is 3.73. The molecule has 1 aliphatic rings. The molecule has 32 heavy (non-hydrogen) atoms. The van der Waals surface area contributed by atoms with Gasteiger partial charge >= 0.3 is 0 Å². The fourth-order valence-electron chi connectivity index (χ4n) is 3.23. The van der Waals surface area contributed by atoms with Crippen molar-refractivity contribution >= 4 is 33.3 Å². The lowest BCUT2D eigenvalue weighted by Gasteiger charge is -2.33. The standard InChI is InChI=1S/C23H30N2O5S2/c1-4-29-21-16-19(7-9-20(21)30-17-18(2)3)8-10-22(26)24-11-13-25(14-12-24)32(27,28)23-6-5-15-31-23/h5-10,15-16,18H,4,11-14,17H2,1-3H3/b10-8+. The summed E-state index contributed by atoms with van der Waals surface area (Å²) in [6.07, 6.45) is 3.26. The van der Waals surface area contributed by atoms with Gasteiger partial charge in [-0.1, -0.05) is 26.0 Å². The number of hydrogen-bond acceptors (Lipinski definition) is 6. The van der Waals surface area contributed by atoms with E-state index < -0.39 is 10.0 Å². The van der Waals surface area contributed by atoms with Crippen LogP contribution in [0.25, 0.3) is 6.08 Å². The second-order valence-electron chi connectivity index (χ2n) is 7.84. The Hall–Kier alpha value is -2.36. The minimum absolute atomic E-state index is 0.142. The molecule has 0 aliphatic carbocycles. The smallest absolute Gasteiger partial charge is 0.252 e. The van der Waals surface area contributed by atoms with Crippen LogP contribution in [0.5, 0.6) is 11.5 Å². The van der Waals surface area contributed by atoms with Crippen LogP contribution in [0.3, 0.4) is 0 Å². The van der Waals surface area contributed by atoms with E-state index in [0.29, 0.717) is 47.9 Å². The van der Waals surface area contributed by atoms with Crippen molar-refractivity contribution in [1.82, 2.24) is 9.21 Å². The van der Waals surface area contributed by atoms with Gasteiger partial charge in [-0.2, -0.15) is 4.31 Å². The third-order valence-corrected chi connectivity index (χ3v) is 8.17. The first-order chi connectivity index (χ1) is 15.3. The molecule has 0 N–H and O–H groups in total. The second kappa shape index (κ2) is 11.0. The van der Waals surface area contributed by atoms with Crippen molar-refractivity contribution in [2.45, 2.75) is 25.0 Å². The summed E-state index contributed by atoms with van der Waals surface area (Å²) < 4.78 is 38.5. The maximum atomic E-state index is 12.6. The van der Waals surface area contributed by atoms with E-state index in [-0.39, 0.29) is 19.0 Å². The lowest BCUT2D eigenvalue weighted by atomic mass is 10.1. The first-order valence-electron chi connectivity index (χ1n) is 10.7. The van der Waals surface area contributed by atoms with E-state index in [0.717, 1.165) is 5.56 Å². The summed E-state index contributed by atoms with van der Waals surface area (Å²) in [6.45, 7) is 8.49. The molecule has 0 unspecified atom stereocenters. The van der Waals surface area contributed by atoms with Crippen molar-refractivity contribution in [3.63, 3.8) is 0 Å². The van der Waals surface area contributed by atoms with Crippen molar-refractivity contribution < 1.29 is 22.7 Å². The molecule has 9 heteroatoms. The van der Waals surface area contributed by atoms with Gasteiger partial charge in [-0.3, -0.25) is 4.79 Å². The third-order valence-electron chi connectivity index (χ3n) is 4.90. The molecule has 1 aromatic carbocycles. The second-order valence-corrected chi connectivity index (χ2v) is 11.0. The van der Waals surface area contributed by atoms with E-state index in [4.69, 9.17) is 9.47 Å². The molecule has 1 aromatic heterocycles. The minimum Gasteiger partial charge on any atom is -0.490 e. The Labute approximate surface area is 194 Å². The number of carbonyl (C=O) groups excluding carboxylic acids is 1. The molecule has 2 aromatic rings. The van der Waals surface area contributed by atoms with Crippen LogP contribution in [0.1, 0.15) is 26.3 Å². The van der Waals surface area contributed by atoms with Gasteiger partial charge in [0, 0.05) is 32.3 Å². The molecule has 0 radical (unpaired) electrons. The lowest BCUT2D eigenvalue weighted by molar-refractivity contribution is -0.127. The van der Waals surface area contributed by atoms with E-state index in [1.54, 1.807) is 28.5 Å². The zero-order valence-corrected chi connectivity index (χ0v) is 20.3. The molecule has 0 spiro atoms. The maximum Gasteiger partial charge on any atom is 0.252 e. The Balaban J connectivity index is 1.60. The highest BCUT2D eigenvalue weighted by Gasteiger charge is 2.30. The van der Waals surface area contributed by atoms with Gasteiger partial charge in [0.25, 0.3) is 10.0 Å². The fraction of sp³-hybridized carbons (Fsp3) is 0.435. The summed E-state index contributed by atoms with van der Waals surface area (Å²) in [5.41, 5.74) is 0.831. The normalized spacial score (nSPS) is 15.4. The topological polar surface area (TPSA) is 76.2 Å². The van der Waals surface area contributed by atoms with Gasteiger partial charge in [-0.05, 0) is 48.1 Å². The molecular weight excluding hydrogens is 448 g/mol. The number of benzene rings is 1. The zero-order chi connectivity index (χ0) is 23.1. The largest absolute Gasteiger partial charge is 0.490 e. The molecule has 0 saturated carbocycles. The van der Waals surface area contributed by atoms with E-state index >= 15 is 0 Å². The number of hydrogen-bond donors (Lipinski definition) is 0. The Kier molecular flexibility index (Phi) is 8.33. The Bertz CT molecular complexity index is 1020. The van der Waals surface area contributed by atoms with Crippen molar-refractivity contribution in [2.75, 3.05) is 39.4 Å². The highest BCUT2D eigenvalue weighted by molar-refractivity contribution is 7.91. The minimum atomic E-state index is -3.48. The first kappa shape index (κ1) is 24.3. The van der Waals surface area contributed by atoms with Gasteiger partial charge in [-0.15, -0.1) is 11.3 Å². The molecule has 0 atom stereocenters. The Morgan fingerprint density at radius 1 is 1.12 bits per heavy atom. The van der Waals surface area contributed by atoms with Crippen molar-refractivity contribution in [2.24, 2.45) is 5.92 Å². The highest BCUT2D eigenvalue weighted by Crippen LogP contribution is 2.29. The quantitative estimate of drug-likeness (QED) is 0.514. The van der Waals surface area contributed by atoms with E-state index in [2.05, 4.69) is 13.8 Å². The number of rotatable bonds is 9. The maximum absolute atomic E-state index is 12.6. The van der Waals surface area contributed by atoms with Crippen LogP contribution in [0.15, 0.2) is 46.0 Å². The molecule has 3 rings (SSSR count). The molecule has 1 aliphatic heterocycles. The Morgan fingerprint density at radius 3 is 2.50 bits per heavy atom. The summed E-state index contributed by atoms with van der Waals surface area (Å²) in [4.78, 5) is 14.3.